The fraction of sp³-hybridized carbons (Fsp3) is 0.588. The highest BCUT2D eigenvalue weighted by Gasteiger charge is 2.21. The number of ether oxygens (including phenoxy) is 1. The SMILES string of the molecule is C#Cc1cccc(CN2CCN(CC(=O)OCC)CCN(Cc3cccc(CN)n3)CCN(C(C)C=O)CC2)n1.CC.CCOP. The predicted octanol–water partition coefficient (Wildman–Crippen LogP) is 2.83. The van der Waals surface area contributed by atoms with Crippen LogP contribution in [0.25, 0.3) is 0 Å². The van der Waals surface area contributed by atoms with Crippen molar-refractivity contribution >= 4 is 21.7 Å². The summed E-state index contributed by atoms with van der Waals surface area (Å²) in [6.07, 6.45) is 6.57. The van der Waals surface area contributed by atoms with Gasteiger partial charge in [0.15, 0.2) is 0 Å². The molecule has 12 heteroatoms. The van der Waals surface area contributed by atoms with Crippen molar-refractivity contribution in [2.24, 2.45) is 5.73 Å². The smallest absolute Gasteiger partial charge is 0.320 e. The molecule has 0 aromatic carbocycles. The molecule has 1 aliphatic heterocycles. The Labute approximate surface area is 279 Å². The molecule has 0 amide bonds. The van der Waals surface area contributed by atoms with E-state index in [0.717, 1.165) is 69.2 Å². The van der Waals surface area contributed by atoms with Gasteiger partial charge in [0.2, 0.25) is 0 Å². The highest BCUT2D eigenvalue weighted by atomic mass is 31.0. The Balaban J connectivity index is 0.00000163. The number of nitrogens with two attached hydrogens (primary N) is 1. The molecule has 2 unspecified atom stereocenters. The number of hydrogen-bond donors (Lipinski definition) is 1. The minimum atomic E-state index is -0.223. The third-order valence-corrected chi connectivity index (χ3v) is 7.60. The van der Waals surface area contributed by atoms with Crippen LogP contribution in [-0.4, -0.2) is 120 Å². The first-order valence-electron chi connectivity index (χ1n) is 16.3. The molecule has 1 fully saturated rings. The molecule has 2 aromatic heterocycles. The Hall–Kier alpha value is -2.81. The first-order chi connectivity index (χ1) is 22.3. The van der Waals surface area contributed by atoms with Crippen LogP contribution in [0.3, 0.4) is 0 Å². The highest BCUT2D eigenvalue weighted by molar-refractivity contribution is 7.09. The summed E-state index contributed by atoms with van der Waals surface area (Å²) >= 11 is 0. The first-order valence-corrected chi connectivity index (χ1v) is 16.7. The molecule has 3 heterocycles. The highest BCUT2D eigenvalue weighted by Crippen LogP contribution is 2.10. The number of hydrogen-bond acceptors (Lipinski definition) is 11. The first kappa shape index (κ1) is 41.2. The van der Waals surface area contributed by atoms with Crippen LogP contribution in [-0.2, 0) is 38.5 Å². The zero-order valence-corrected chi connectivity index (χ0v) is 29.7. The number of aldehydes is 1. The number of carbonyl (C=O) groups is 2. The Morgan fingerprint density at radius 1 is 0.913 bits per heavy atom. The average molecular weight is 658 g/mol. The van der Waals surface area contributed by atoms with Gasteiger partial charge in [0.25, 0.3) is 0 Å². The molecule has 0 aliphatic carbocycles. The molecule has 256 valence electrons. The van der Waals surface area contributed by atoms with Gasteiger partial charge in [0.1, 0.15) is 12.0 Å². The molecule has 2 atom stereocenters. The lowest BCUT2D eigenvalue weighted by Crippen LogP contribution is -2.48. The number of aromatic nitrogens is 2. The van der Waals surface area contributed by atoms with E-state index in [9.17, 15) is 9.59 Å². The van der Waals surface area contributed by atoms with E-state index in [1.54, 1.807) is 0 Å². The van der Waals surface area contributed by atoms with Crippen molar-refractivity contribution in [2.45, 2.75) is 60.3 Å². The van der Waals surface area contributed by atoms with E-state index < -0.39 is 0 Å². The summed E-state index contributed by atoms with van der Waals surface area (Å²) in [5.74, 6) is 2.38. The van der Waals surface area contributed by atoms with E-state index in [1.165, 1.54) is 0 Å². The van der Waals surface area contributed by atoms with Crippen LogP contribution < -0.4 is 5.73 Å². The summed E-state index contributed by atoms with van der Waals surface area (Å²) in [5.41, 5.74) is 9.13. The minimum Gasteiger partial charge on any atom is -0.465 e. The van der Waals surface area contributed by atoms with Crippen molar-refractivity contribution in [2.75, 3.05) is 72.1 Å². The second-order valence-corrected chi connectivity index (χ2v) is 10.8. The molecule has 46 heavy (non-hydrogen) atoms. The zero-order chi connectivity index (χ0) is 34.2. The van der Waals surface area contributed by atoms with E-state index in [1.807, 2.05) is 71.0 Å². The number of rotatable bonds is 11. The number of pyridine rings is 2. The van der Waals surface area contributed by atoms with Crippen LogP contribution in [0.5, 0.6) is 0 Å². The van der Waals surface area contributed by atoms with Gasteiger partial charge in [-0.3, -0.25) is 29.4 Å². The van der Waals surface area contributed by atoms with Gasteiger partial charge in [-0.15, -0.1) is 6.42 Å². The van der Waals surface area contributed by atoms with Crippen molar-refractivity contribution in [1.82, 2.24) is 29.6 Å². The van der Waals surface area contributed by atoms with Crippen molar-refractivity contribution < 1.29 is 18.8 Å². The number of carbonyl (C=O) groups excluding carboxylic acids is 2. The van der Waals surface area contributed by atoms with Crippen LogP contribution in [0.4, 0.5) is 0 Å². The summed E-state index contributed by atoms with van der Waals surface area (Å²) in [6, 6.07) is 11.4. The fourth-order valence-electron chi connectivity index (χ4n) is 4.75. The lowest BCUT2D eigenvalue weighted by molar-refractivity contribution is -0.144. The van der Waals surface area contributed by atoms with Gasteiger partial charge in [-0.2, -0.15) is 0 Å². The molecular formula is C34H56N7O4P. The van der Waals surface area contributed by atoms with Crippen LogP contribution in [0.1, 0.15) is 57.4 Å². The molecule has 11 nitrogen and oxygen atoms in total. The van der Waals surface area contributed by atoms with Crippen LogP contribution in [0.15, 0.2) is 36.4 Å². The molecule has 3 rings (SSSR count). The molecule has 0 bridgehead atoms. The van der Waals surface area contributed by atoms with E-state index >= 15 is 0 Å². The molecular weight excluding hydrogens is 601 g/mol. The van der Waals surface area contributed by atoms with E-state index in [2.05, 4.69) is 49.5 Å². The van der Waals surface area contributed by atoms with Gasteiger partial charge in [-0.05, 0) is 45.0 Å². The molecule has 0 spiro atoms. The summed E-state index contributed by atoms with van der Waals surface area (Å²) in [4.78, 5) is 42.5. The lowest BCUT2D eigenvalue weighted by Gasteiger charge is -2.35. The minimum absolute atomic E-state index is 0.200. The van der Waals surface area contributed by atoms with Crippen LogP contribution >= 0.6 is 9.47 Å². The van der Waals surface area contributed by atoms with Crippen molar-refractivity contribution in [3.8, 4) is 12.3 Å². The van der Waals surface area contributed by atoms with Gasteiger partial charge >= 0.3 is 5.97 Å². The molecule has 2 aromatic rings. The number of nitrogens with zero attached hydrogens (tertiary/aromatic N) is 6. The van der Waals surface area contributed by atoms with Gasteiger partial charge in [0, 0.05) is 88.1 Å². The maximum atomic E-state index is 12.4. The largest absolute Gasteiger partial charge is 0.465 e. The second kappa shape index (κ2) is 25.3. The Morgan fingerprint density at radius 2 is 1.41 bits per heavy atom. The van der Waals surface area contributed by atoms with Gasteiger partial charge < -0.3 is 19.8 Å². The molecule has 0 radical (unpaired) electrons. The molecule has 1 saturated heterocycles. The van der Waals surface area contributed by atoms with Gasteiger partial charge in [-0.1, -0.05) is 31.9 Å². The van der Waals surface area contributed by atoms with Crippen molar-refractivity contribution in [3.05, 3.63) is 59.2 Å². The number of esters is 1. The Morgan fingerprint density at radius 3 is 1.91 bits per heavy atom. The van der Waals surface area contributed by atoms with E-state index in [-0.39, 0.29) is 18.6 Å². The van der Waals surface area contributed by atoms with Gasteiger partial charge in [-0.25, -0.2) is 4.98 Å². The fourth-order valence-corrected chi connectivity index (χ4v) is 4.75. The molecule has 2 N–H and O–H groups in total. The standard InChI is InChI=1S/C30H43N7O3.C2H7OP.C2H6/c1-4-26-8-6-10-28(32-26)21-34-12-14-36(23-30(39)40-5-2)15-13-35(17-19-37(18-16-34)25(3)24-38)22-29-11-7-9-27(20-31)33-29;1-2-3-4;1-2/h1,6-11,24-25H,5,12-23,31H2,2-3H3;2,4H2,1H3;1-2H3. The maximum Gasteiger partial charge on any atom is 0.320 e. The summed E-state index contributed by atoms with van der Waals surface area (Å²) in [5, 5.41) is 0. The monoisotopic (exact) mass is 657 g/mol. The van der Waals surface area contributed by atoms with Crippen molar-refractivity contribution in [1.29, 1.82) is 0 Å². The topological polar surface area (TPSA) is 117 Å². The summed E-state index contributed by atoms with van der Waals surface area (Å²) in [6.45, 7) is 18.6. The number of terminal acetylenes is 1. The Bertz CT molecular complexity index is 1160. The quantitative estimate of drug-likeness (QED) is 0.166. The molecule has 1 aliphatic rings. The Kier molecular flexibility index (Phi) is 22.7. The van der Waals surface area contributed by atoms with Crippen molar-refractivity contribution in [3.63, 3.8) is 0 Å². The molecule has 0 saturated carbocycles. The van der Waals surface area contributed by atoms with Crippen LogP contribution in [0.2, 0.25) is 0 Å². The summed E-state index contributed by atoms with van der Waals surface area (Å²) < 4.78 is 9.73. The second-order valence-electron chi connectivity index (χ2n) is 10.5. The predicted molar refractivity (Wildman–Crippen MR) is 188 cm³/mol. The normalized spacial score (nSPS) is 16.2. The lowest BCUT2D eigenvalue weighted by atomic mass is 10.2. The van der Waals surface area contributed by atoms with E-state index in [4.69, 9.17) is 16.9 Å². The van der Waals surface area contributed by atoms with Crippen LogP contribution in [0, 0.1) is 12.3 Å². The zero-order valence-electron chi connectivity index (χ0n) is 28.6. The average Bonchev–Trinajstić information content (AvgIpc) is 3.09. The van der Waals surface area contributed by atoms with E-state index in [0.29, 0.717) is 45.0 Å². The summed E-state index contributed by atoms with van der Waals surface area (Å²) in [7, 11) is 2.16. The van der Waals surface area contributed by atoms with Gasteiger partial charge in [0.05, 0.1) is 36.3 Å². The third kappa shape index (κ3) is 16.7. The maximum absolute atomic E-state index is 12.4. The third-order valence-electron chi connectivity index (χ3n) is 7.27.